The number of benzene rings is 1. The van der Waals surface area contributed by atoms with Gasteiger partial charge in [-0.2, -0.15) is 4.39 Å². The van der Waals surface area contributed by atoms with Gasteiger partial charge in [-0.25, -0.2) is 9.78 Å². The maximum atomic E-state index is 13.5. The van der Waals surface area contributed by atoms with E-state index in [1.165, 1.54) is 17.0 Å². The third-order valence-electron chi connectivity index (χ3n) is 7.64. The number of ether oxygens (including phenoxy) is 1. The lowest BCUT2D eigenvalue weighted by molar-refractivity contribution is -0.000890. The molecule has 0 bridgehead atoms. The second kappa shape index (κ2) is 9.27. The number of piperidine rings is 1. The summed E-state index contributed by atoms with van der Waals surface area (Å²) in [4.78, 5) is 24.8. The lowest BCUT2D eigenvalue weighted by atomic mass is 9.91. The highest BCUT2D eigenvalue weighted by Crippen LogP contribution is 2.38. The Labute approximate surface area is 215 Å². The number of amides is 1. The molecule has 0 aliphatic carbocycles. The molecule has 0 radical (unpaired) electrons. The summed E-state index contributed by atoms with van der Waals surface area (Å²) in [5.41, 5.74) is 4.74. The summed E-state index contributed by atoms with van der Waals surface area (Å²) in [7, 11) is 0. The smallest absolute Gasteiger partial charge is 0.415 e. The topological polar surface area (TPSA) is 63.5 Å². The molecule has 2 aliphatic heterocycles. The van der Waals surface area contributed by atoms with E-state index in [9.17, 15) is 9.18 Å². The van der Waals surface area contributed by atoms with Crippen molar-refractivity contribution in [3.63, 3.8) is 0 Å². The zero-order chi connectivity index (χ0) is 25.6. The van der Waals surface area contributed by atoms with E-state index in [0.29, 0.717) is 12.6 Å². The maximum Gasteiger partial charge on any atom is 0.415 e. The molecule has 1 aromatic carbocycles. The first-order valence-electron chi connectivity index (χ1n) is 12.8. The number of halogens is 1. The van der Waals surface area contributed by atoms with Crippen LogP contribution >= 0.6 is 0 Å². The van der Waals surface area contributed by atoms with Gasteiger partial charge in [0.1, 0.15) is 5.60 Å². The van der Waals surface area contributed by atoms with Crippen molar-refractivity contribution in [3.8, 4) is 11.1 Å². The number of likely N-dealkylation sites (tertiary alicyclic amines) is 1. The van der Waals surface area contributed by atoms with Crippen molar-refractivity contribution < 1.29 is 13.9 Å². The fourth-order valence-corrected chi connectivity index (χ4v) is 5.68. The number of anilines is 1. The van der Waals surface area contributed by atoms with Crippen molar-refractivity contribution in [2.24, 2.45) is 0 Å². The predicted molar refractivity (Wildman–Crippen MR) is 141 cm³/mol. The predicted octanol–water partition coefficient (Wildman–Crippen LogP) is 5.81. The van der Waals surface area contributed by atoms with Crippen LogP contribution in [0.3, 0.4) is 0 Å². The third kappa shape index (κ3) is 4.35. The lowest BCUT2D eigenvalue weighted by Crippen LogP contribution is -2.46. The van der Waals surface area contributed by atoms with Crippen LogP contribution < -0.4 is 4.90 Å². The summed E-state index contributed by atoms with van der Waals surface area (Å²) in [6.45, 7) is 7.40. The molecule has 2 fully saturated rings. The Morgan fingerprint density at radius 2 is 1.86 bits per heavy atom. The standard InChI is InChI=1S/C29H30FN5O2/c1-20(2)34-18-22(27-24(4-3-5-25(27)34)21-6-7-26(30)32-16-21)17-33-14-10-29(11-15-33)19-35(28(36)37-29)23-8-12-31-13-9-23/h3-9,12-13,16,18,20H,10-11,14-15,17,19H2,1-2H3. The zero-order valence-corrected chi connectivity index (χ0v) is 21.1. The molecule has 37 heavy (non-hydrogen) atoms. The molecule has 0 saturated carbocycles. The van der Waals surface area contributed by atoms with E-state index in [4.69, 9.17) is 4.74 Å². The van der Waals surface area contributed by atoms with Crippen molar-refractivity contribution in [3.05, 3.63) is 78.8 Å². The molecular formula is C29H30FN5O2. The largest absolute Gasteiger partial charge is 0.441 e. The van der Waals surface area contributed by atoms with E-state index >= 15 is 0 Å². The quantitative estimate of drug-likeness (QED) is 0.324. The van der Waals surface area contributed by atoms with Crippen molar-refractivity contribution in [2.75, 3.05) is 24.5 Å². The van der Waals surface area contributed by atoms with E-state index in [1.54, 1.807) is 29.6 Å². The van der Waals surface area contributed by atoms with Gasteiger partial charge in [-0.1, -0.05) is 12.1 Å². The molecule has 5 heterocycles. The molecule has 8 heteroatoms. The van der Waals surface area contributed by atoms with Crippen LogP contribution in [0.2, 0.25) is 0 Å². The molecule has 2 aliphatic rings. The summed E-state index contributed by atoms with van der Waals surface area (Å²) in [6, 6.07) is 13.5. The maximum absolute atomic E-state index is 13.5. The molecule has 0 unspecified atom stereocenters. The van der Waals surface area contributed by atoms with Crippen LogP contribution in [0, 0.1) is 5.95 Å². The fraction of sp³-hybridized carbons (Fsp3) is 0.345. The van der Waals surface area contributed by atoms with Crippen LogP contribution in [-0.4, -0.2) is 50.8 Å². The highest BCUT2D eigenvalue weighted by atomic mass is 19.1. The molecule has 0 atom stereocenters. The monoisotopic (exact) mass is 499 g/mol. The number of pyridine rings is 2. The number of hydrogen-bond donors (Lipinski definition) is 0. The fourth-order valence-electron chi connectivity index (χ4n) is 5.68. The van der Waals surface area contributed by atoms with Crippen LogP contribution in [0.5, 0.6) is 0 Å². The summed E-state index contributed by atoms with van der Waals surface area (Å²) in [5, 5.41) is 1.18. The van der Waals surface area contributed by atoms with Gasteiger partial charge in [0.15, 0.2) is 0 Å². The van der Waals surface area contributed by atoms with Crippen molar-refractivity contribution in [2.45, 2.75) is 44.9 Å². The minimum absolute atomic E-state index is 0.280. The van der Waals surface area contributed by atoms with E-state index in [1.807, 2.05) is 12.1 Å². The molecule has 190 valence electrons. The number of rotatable bonds is 5. The Morgan fingerprint density at radius 1 is 1.08 bits per heavy atom. The molecule has 2 saturated heterocycles. The number of nitrogens with zero attached hydrogens (tertiary/aromatic N) is 5. The van der Waals surface area contributed by atoms with Gasteiger partial charge in [-0.15, -0.1) is 0 Å². The van der Waals surface area contributed by atoms with Gasteiger partial charge in [0.25, 0.3) is 0 Å². The van der Waals surface area contributed by atoms with E-state index in [-0.39, 0.29) is 6.09 Å². The van der Waals surface area contributed by atoms with Crippen LogP contribution in [0.25, 0.3) is 22.0 Å². The van der Waals surface area contributed by atoms with Crippen LogP contribution in [0.1, 0.15) is 38.3 Å². The van der Waals surface area contributed by atoms with Crippen molar-refractivity contribution >= 4 is 22.7 Å². The molecule has 4 aromatic rings. The second-order valence-corrected chi connectivity index (χ2v) is 10.3. The minimum atomic E-state index is -0.478. The van der Waals surface area contributed by atoms with Crippen molar-refractivity contribution in [1.29, 1.82) is 0 Å². The molecule has 7 nitrogen and oxygen atoms in total. The normalized spacial score (nSPS) is 17.7. The Kier molecular flexibility index (Phi) is 5.91. The van der Waals surface area contributed by atoms with Gasteiger partial charge in [0.2, 0.25) is 5.95 Å². The summed E-state index contributed by atoms with van der Waals surface area (Å²) >= 11 is 0. The molecule has 6 rings (SSSR count). The first-order valence-corrected chi connectivity index (χ1v) is 12.8. The van der Waals surface area contributed by atoms with E-state index < -0.39 is 11.5 Å². The number of hydrogen-bond acceptors (Lipinski definition) is 5. The third-order valence-corrected chi connectivity index (χ3v) is 7.64. The molecule has 3 aromatic heterocycles. The highest BCUT2D eigenvalue weighted by Gasteiger charge is 2.47. The Bertz CT molecular complexity index is 1430. The van der Waals surface area contributed by atoms with Crippen molar-refractivity contribution in [1.82, 2.24) is 19.4 Å². The van der Waals surface area contributed by atoms with Crippen LogP contribution in [0.15, 0.2) is 67.3 Å². The second-order valence-electron chi connectivity index (χ2n) is 10.3. The number of carbonyl (C=O) groups excluding carboxylic acids is 1. The van der Waals surface area contributed by atoms with Crippen LogP contribution in [0.4, 0.5) is 14.9 Å². The van der Waals surface area contributed by atoms with Gasteiger partial charge < -0.3 is 9.30 Å². The Hall–Kier alpha value is -3.78. The Morgan fingerprint density at radius 3 is 2.57 bits per heavy atom. The minimum Gasteiger partial charge on any atom is -0.441 e. The summed E-state index contributed by atoms with van der Waals surface area (Å²) < 4.78 is 21.8. The van der Waals surface area contributed by atoms with Gasteiger partial charge in [0.05, 0.1) is 12.2 Å². The average Bonchev–Trinajstić information content (AvgIpc) is 3.44. The van der Waals surface area contributed by atoms with Crippen LogP contribution in [-0.2, 0) is 11.3 Å². The SMILES string of the molecule is CC(C)n1cc(CN2CCC3(CC2)CN(c2ccncc2)C(=O)O3)c2c(-c3ccc(F)nc3)cccc21. The molecule has 1 amide bonds. The average molecular weight is 500 g/mol. The number of carbonyl (C=O) groups is 1. The molecular weight excluding hydrogens is 469 g/mol. The lowest BCUT2D eigenvalue weighted by Gasteiger charge is -2.37. The van der Waals surface area contributed by atoms with E-state index in [0.717, 1.165) is 54.8 Å². The first-order chi connectivity index (χ1) is 17.9. The highest BCUT2D eigenvalue weighted by molar-refractivity contribution is 5.98. The zero-order valence-electron chi connectivity index (χ0n) is 21.1. The molecule has 0 N–H and O–H groups in total. The van der Waals surface area contributed by atoms with Gasteiger partial charge >= 0.3 is 6.09 Å². The number of fused-ring (bicyclic) bond motifs is 1. The molecule has 1 spiro atoms. The summed E-state index contributed by atoms with van der Waals surface area (Å²) in [5.74, 6) is -0.478. The first kappa shape index (κ1) is 23.6. The number of aromatic nitrogens is 3. The van der Waals surface area contributed by atoms with Gasteiger partial charge in [-0.3, -0.25) is 14.8 Å². The summed E-state index contributed by atoms with van der Waals surface area (Å²) in [6.07, 6.45) is 8.54. The van der Waals surface area contributed by atoms with Gasteiger partial charge in [0, 0.05) is 79.8 Å². The van der Waals surface area contributed by atoms with E-state index in [2.05, 4.69) is 57.7 Å². The van der Waals surface area contributed by atoms with Gasteiger partial charge in [-0.05, 0) is 55.3 Å². The Balaban J connectivity index is 1.25.